The zero-order valence-electron chi connectivity index (χ0n) is 11.6. The normalized spacial score (nSPS) is 15.8. The van der Waals surface area contributed by atoms with Crippen molar-refractivity contribution in [1.29, 1.82) is 5.26 Å². The molecule has 21 heavy (non-hydrogen) atoms. The van der Waals surface area contributed by atoms with Crippen LogP contribution in [0.4, 0.5) is 0 Å². The van der Waals surface area contributed by atoms with E-state index in [0.29, 0.717) is 27.8 Å². The van der Waals surface area contributed by atoms with E-state index < -0.39 is 5.91 Å². The number of hydrogen-bond donors (Lipinski definition) is 3. The summed E-state index contributed by atoms with van der Waals surface area (Å²) in [4.78, 5) is 14.4. The molecule has 6 nitrogen and oxygen atoms in total. The van der Waals surface area contributed by atoms with E-state index in [0.717, 1.165) is 25.9 Å². The number of primary amides is 1. The number of carbonyl (C=O) groups is 1. The van der Waals surface area contributed by atoms with E-state index in [1.807, 2.05) is 0 Å². The first-order valence-electron chi connectivity index (χ1n) is 7.03. The highest BCUT2D eigenvalue weighted by Gasteiger charge is 2.21. The Balaban J connectivity index is 2.06. The number of nitrogens with one attached hydrogen (secondary N) is 1. The van der Waals surface area contributed by atoms with E-state index in [9.17, 15) is 10.1 Å². The first-order chi connectivity index (χ1) is 10.2. The van der Waals surface area contributed by atoms with Gasteiger partial charge in [-0.1, -0.05) is 0 Å². The number of carbonyl (C=O) groups excluding carboxylic acids is 1. The average Bonchev–Trinajstić information content (AvgIpc) is 2.92. The fourth-order valence-corrected chi connectivity index (χ4v) is 2.80. The van der Waals surface area contributed by atoms with Crippen LogP contribution in [0.5, 0.6) is 5.75 Å². The van der Waals surface area contributed by atoms with Crippen LogP contribution in [0.1, 0.15) is 28.8 Å². The van der Waals surface area contributed by atoms with E-state index in [4.69, 9.17) is 10.5 Å². The second-order valence-electron chi connectivity index (χ2n) is 5.22. The van der Waals surface area contributed by atoms with Crippen LogP contribution >= 0.6 is 0 Å². The third-order valence-electron chi connectivity index (χ3n) is 3.86. The predicted molar refractivity (Wildman–Crippen MR) is 76.8 cm³/mol. The zero-order valence-corrected chi connectivity index (χ0v) is 11.6. The highest BCUT2D eigenvalue weighted by atomic mass is 16.5. The Morgan fingerprint density at radius 2 is 2.19 bits per heavy atom. The molecule has 1 aromatic heterocycles. The van der Waals surface area contributed by atoms with Gasteiger partial charge in [-0.15, -0.1) is 0 Å². The molecular formula is C15H17N4O2+. The van der Waals surface area contributed by atoms with E-state index in [1.54, 1.807) is 18.3 Å². The smallest absolute Gasteiger partial charge is 0.250 e. The molecule has 0 aliphatic carbocycles. The quantitative estimate of drug-likeness (QED) is 0.751. The number of benzene rings is 1. The van der Waals surface area contributed by atoms with E-state index in [-0.39, 0.29) is 6.10 Å². The first kappa shape index (κ1) is 13.5. The molecule has 6 heteroatoms. The summed E-state index contributed by atoms with van der Waals surface area (Å²) < 4.78 is 6.06. The largest absolute Gasteiger partial charge is 0.489 e. The van der Waals surface area contributed by atoms with Crippen LogP contribution in [-0.2, 0) is 0 Å². The van der Waals surface area contributed by atoms with Gasteiger partial charge in [0, 0.05) is 19.0 Å². The SMILES string of the molecule is N#Cc1c[nH]c2c(C(N)=O)ccc(OC3CC[NH2+]CC3)c12. The number of quaternary nitrogens is 1. The maximum atomic E-state index is 11.5. The van der Waals surface area contributed by atoms with Gasteiger partial charge >= 0.3 is 0 Å². The van der Waals surface area contributed by atoms with Gasteiger partial charge in [-0.2, -0.15) is 5.26 Å². The Labute approximate surface area is 121 Å². The van der Waals surface area contributed by atoms with Gasteiger partial charge < -0.3 is 20.8 Å². The number of fused-ring (bicyclic) bond motifs is 1. The van der Waals surface area contributed by atoms with Gasteiger partial charge in [0.05, 0.1) is 35.1 Å². The number of amides is 1. The van der Waals surface area contributed by atoms with Crippen LogP contribution < -0.4 is 15.8 Å². The van der Waals surface area contributed by atoms with Gasteiger partial charge in [0.25, 0.3) is 5.91 Å². The predicted octanol–water partition coefficient (Wildman–Crippen LogP) is 0.243. The molecule has 1 amide bonds. The summed E-state index contributed by atoms with van der Waals surface area (Å²) in [7, 11) is 0. The Kier molecular flexibility index (Phi) is 3.50. The van der Waals surface area contributed by atoms with Crippen molar-refractivity contribution >= 4 is 16.8 Å². The molecule has 108 valence electrons. The van der Waals surface area contributed by atoms with Gasteiger partial charge in [-0.25, -0.2) is 0 Å². The lowest BCUT2D eigenvalue weighted by atomic mass is 10.1. The van der Waals surface area contributed by atoms with Gasteiger partial charge in [-0.3, -0.25) is 4.79 Å². The van der Waals surface area contributed by atoms with Crippen LogP contribution in [0.2, 0.25) is 0 Å². The molecule has 1 fully saturated rings. The Bertz CT molecular complexity index is 723. The van der Waals surface area contributed by atoms with Crippen molar-refractivity contribution in [2.45, 2.75) is 18.9 Å². The number of piperidine rings is 1. The van der Waals surface area contributed by atoms with Crippen molar-refractivity contribution in [2.75, 3.05) is 13.1 Å². The van der Waals surface area contributed by atoms with Gasteiger partial charge in [0.15, 0.2) is 0 Å². The Hall–Kier alpha value is -2.52. The number of aromatic nitrogens is 1. The van der Waals surface area contributed by atoms with Crippen LogP contribution in [-0.4, -0.2) is 30.1 Å². The highest BCUT2D eigenvalue weighted by molar-refractivity contribution is 6.08. The number of rotatable bonds is 3. The minimum Gasteiger partial charge on any atom is -0.489 e. The summed E-state index contributed by atoms with van der Waals surface area (Å²) in [6.07, 6.45) is 3.69. The molecule has 1 aromatic carbocycles. The third kappa shape index (κ3) is 2.43. The molecule has 2 aromatic rings. The Morgan fingerprint density at radius 1 is 1.43 bits per heavy atom. The monoisotopic (exact) mass is 285 g/mol. The summed E-state index contributed by atoms with van der Waals surface area (Å²) in [6.45, 7) is 2.09. The minimum atomic E-state index is -0.523. The van der Waals surface area contributed by atoms with Crippen LogP contribution in [0.15, 0.2) is 18.3 Å². The molecule has 5 N–H and O–H groups in total. The summed E-state index contributed by atoms with van der Waals surface area (Å²) >= 11 is 0. The number of ether oxygens (including phenoxy) is 1. The molecule has 0 saturated carbocycles. The number of nitriles is 1. The molecule has 0 spiro atoms. The second kappa shape index (κ2) is 5.46. The minimum absolute atomic E-state index is 0.152. The third-order valence-corrected chi connectivity index (χ3v) is 3.86. The molecule has 0 radical (unpaired) electrons. The standard InChI is InChI=1S/C15H16N4O2/c16-7-9-8-19-14-11(15(17)20)1-2-12(13(9)14)21-10-3-5-18-6-4-10/h1-2,8,10,18-19H,3-6H2,(H2,17,20)/p+1. The van der Waals surface area contributed by atoms with E-state index >= 15 is 0 Å². The zero-order chi connectivity index (χ0) is 14.8. The molecule has 0 bridgehead atoms. The highest BCUT2D eigenvalue weighted by Crippen LogP contribution is 2.32. The molecule has 3 rings (SSSR count). The fraction of sp³-hybridized carbons (Fsp3) is 0.333. The number of aromatic amines is 1. The first-order valence-corrected chi connectivity index (χ1v) is 7.03. The Morgan fingerprint density at radius 3 is 2.86 bits per heavy atom. The van der Waals surface area contributed by atoms with Crippen molar-refractivity contribution in [1.82, 2.24) is 4.98 Å². The van der Waals surface area contributed by atoms with Crippen LogP contribution in [0.25, 0.3) is 10.9 Å². The fourth-order valence-electron chi connectivity index (χ4n) is 2.80. The second-order valence-corrected chi connectivity index (χ2v) is 5.22. The lowest BCUT2D eigenvalue weighted by Gasteiger charge is -2.22. The number of nitrogens with two attached hydrogens (primary N) is 2. The van der Waals surface area contributed by atoms with Gasteiger partial charge in [0.2, 0.25) is 0 Å². The van der Waals surface area contributed by atoms with Crippen molar-refractivity contribution in [3.63, 3.8) is 0 Å². The summed E-state index contributed by atoms with van der Waals surface area (Å²) in [5.74, 6) is 0.116. The lowest BCUT2D eigenvalue weighted by Crippen LogP contribution is -2.86. The molecule has 0 atom stereocenters. The summed E-state index contributed by atoms with van der Waals surface area (Å²) in [5.41, 5.74) is 6.78. The van der Waals surface area contributed by atoms with Crippen LogP contribution in [0.3, 0.4) is 0 Å². The number of hydrogen-bond acceptors (Lipinski definition) is 3. The molecule has 2 heterocycles. The average molecular weight is 285 g/mol. The molecule has 0 unspecified atom stereocenters. The van der Waals surface area contributed by atoms with E-state index in [2.05, 4.69) is 16.4 Å². The number of nitrogens with zero attached hydrogens (tertiary/aromatic N) is 1. The molecule has 1 saturated heterocycles. The summed E-state index contributed by atoms with van der Waals surface area (Å²) in [5, 5.41) is 12.1. The maximum Gasteiger partial charge on any atom is 0.250 e. The van der Waals surface area contributed by atoms with Crippen molar-refractivity contribution in [3.8, 4) is 11.8 Å². The topological polar surface area (TPSA) is 109 Å². The van der Waals surface area contributed by atoms with Crippen molar-refractivity contribution in [3.05, 3.63) is 29.5 Å². The van der Waals surface area contributed by atoms with E-state index in [1.165, 1.54) is 0 Å². The molecule has 1 aliphatic rings. The number of H-pyrrole nitrogens is 1. The van der Waals surface area contributed by atoms with Gasteiger partial charge in [0.1, 0.15) is 17.9 Å². The maximum absolute atomic E-state index is 11.5. The van der Waals surface area contributed by atoms with Crippen LogP contribution in [0, 0.1) is 11.3 Å². The summed E-state index contributed by atoms with van der Waals surface area (Å²) in [6, 6.07) is 5.50. The van der Waals surface area contributed by atoms with Crippen molar-refractivity contribution in [2.24, 2.45) is 5.73 Å². The molecule has 1 aliphatic heterocycles. The lowest BCUT2D eigenvalue weighted by molar-refractivity contribution is -0.664. The van der Waals surface area contributed by atoms with Gasteiger partial charge in [-0.05, 0) is 12.1 Å². The molecular weight excluding hydrogens is 268 g/mol. The van der Waals surface area contributed by atoms with Crippen molar-refractivity contribution < 1.29 is 14.8 Å².